The topological polar surface area (TPSA) is 169 Å². The number of hydrogen-bond acceptors (Lipinski definition) is 11. The Bertz CT molecular complexity index is 2780. The first-order valence-corrected chi connectivity index (χ1v) is 18.7. The van der Waals surface area contributed by atoms with Crippen molar-refractivity contribution in [1.29, 1.82) is 0 Å². The summed E-state index contributed by atoms with van der Waals surface area (Å²) in [6, 6.07) is 7.34. The molecule has 0 spiro atoms. The molecule has 0 aliphatic heterocycles. The molecule has 1 N–H and O–H groups in total. The molecule has 4 heterocycles. The van der Waals surface area contributed by atoms with Gasteiger partial charge in [0.25, 0.3) is 0 Å². The number of ether oxygens (including phenoxy) is 3. The van der Waals surface area contributed by atoms with Crippen molar-refractivity contribution >= 4 is 11.9 Å². The molecular formula is C40H30F14N8O6. The quantitative estimate of drug-likeness (QED) is 0.0965. The molecule has 68 heavy (non-hydrogen) atoms. The van der Waals surface area contributed by atoms with Crippen LogP contribution in [0.4, 0.5) is 61.5 Å². The van der Waals surface area contributed by atoms with Gasteiger partial charge in [0.05, 0.1) is 42.8 Å². The summed E-state index contributed by atoms with van der Waals surface area (Å²) in [6.07, 6.45) is -16.3. The van der Waals surface area contributed by atoms with Crippen molar-refractivity contribution in [3.8, 4) is 45.4 Å². The van der Waals surface area contributed by atoms with Crippen molar-refractivity contribution in [2.24, 2.45) is 0 Å². The molecule has 0 fully saturated rings. The number of carboxylic acids is 1. The summed E-state index contributed by atoms with van der Waals surface area (Å²) in [7, 11) is 0. The van der Waals surface area contributed by atoms with E-state index in [2.05, 4.69) is 30.1 Å². The number of carbonyl (C=O) groups excluding carboxylic acids is 1. The number of carboxylic acid groups (broad SMARTS) is 1. The zero-order valence-electron chi connectivity index (χ0n) is 35.0. The summed E-state index contributed by atoms with van der Waals surface area (Å²) in [5.41, 5.74) is -7.11. The number of esters is 1. The molecule has 14 nitrogen and oxygen atoms in total. The van der Waals surface area contributed by atoms with E-state index in [-0.39, 0.29) is 46.2 Å². The Morgan fingerprint density at radius 1 is 0.559 bits per heavy atom. The molecule has 6 aromatic rings. The van der Waals surface area contributed by atoms with E-state index < -0.39 is 88.3 Å². The molecule has 0 atom stereocenters. The van der Waals surface area contributed by atoms with Gasteiger partial charge in [-0.2, -0.15) is 62.9 Å². The molecule has 28 heteroatoms. The van der Waals surface area contributed by atoms with E-state index in [4.69, 9.17) is 14.2 Å². The molecule has 6 rings (SSSR count). The van der Waals surface area contributed by atoms with Crippen molar-refractivity contribution in [3.05, 3.63) is 108 Å². The maximum Gasteiger partial charge on any atom is 0.451 e. The van der Waals surface area contributed by atoms with E-state index >= 15 is 0 Å². The number of halogens is 14. The van der Waals surface area contributed by atoms with Crippen LogP contribution in [0.2, 0.25) is 0 Å². The molecule has 364 valence electrons. The Labute approximate surface area is 372 Å². The van der Waals surface area contributed by atoms with Gasteiger partial charge in [0, 0.05) is 23.3 Å². The van der Waals surface area contributed by atoms with Crippen LogP contribution < -0.4 is 9.47 Å². The number of alkyl halides is 12. The van der Waals surface area contributed by atoms with E-state index in [1.54, 1.807) is 0 Å². The predicted molar refractivity (Wildman–Crippen MR) is 204 cm³/mol. The highest BCUT2D eigenvalue weighted by molar-refractivity contribution is 5.89. The Morgan fingerprint density at radius 2 is 0.912 bits per heavy atom. The van der Waals surface area contributed by atoms with E-state index in [0.717, 1.165) is 91.9 Å². The second kappa shape index (κ2) is 18.7. The molecule has 0 aliphatic carbocycles. The molecule has 0 saturated heterocycles. The monoisotopic (exact) mass is 984 g/mol. The number of nitrogens with zero attached hydrogens (tertiary/aromatic N) is 8. The van der Waals surface area contributed by atoms with Gasteiger partial charge >= 0.3 is 36.6 Å². The molecule has 0 unspecified atom stereocenters. The summed E-state index contributed by atoms with van der Waals surface area (Å²) in [5, 5.41) is 17.0. The zero-order chi connectivity index (χ0) is 50.9. The summed E-state index contributed by atoms with van der Waals surface area (Å²) in [5.74, 6) is -8.33. The summed E-state index contributed by atoms with van der Waals surface area (Å²) >= 11 is 0. The number of aromatic carboxylic acids is 1. The number of carbonyl (C=O) groups is 2. The van der Waals surface area contributed by atoms with Gasteiger partial charge in [-0.3, -0.25) is 0 Å². The van der Waals surface area contributed by atoms with Crippen LogP contribution in [0.3, 0.4) is 0 Å². The van der Waals surface area contributed by atoms with Crippen LogP contribution in [0.1, 0.15) is 67.2 Å². The van der Waals surface area contributed by atoms with Crippen LogP contribution >= 0.6 is 0 Å². The lowest BCUT2D eigenvalue weighted by atomic mass is 10.1. The van der Waals surface area contributed by atoms with Gasteiger partial charge in [0.15, 0.2) is 22.6 Å². The molecule has 4 aromatic heterocycles. The second-order valence-electron chi connectivity index (χ2n) is 14.8. The third-order valence-electron chi connectivity index (χ3n) is 8.84. The Kier molecular flexibility index (Phi) is 14.2. The molecular weight excluding hydrogens is 954 g/mol. The largest absolute Gasteiger partial charge is 0.478 e. The third kappa shape index (κ3) is 11.9. The summed E-state index contributed by atoms with van der Waals surface area (Å²) in [4.78, 5) is 36.3. The smallest absolute Gasteiger partial charge is 0.451 e. The minimum Gasteiger partial charge on any atom is -0.478 e. The molecule has 2 aromatic carbocycles. The maximum atomic E-state index is 14.4. The van der Waals surface area contributed by atoms with Crippen molar-refractivity contribution in [3.63, 3.8) is 0 Å². The average Bonchev–Trinajstić information content (AvgIpc) is 3.86. The number of rotatable bonds is 11. The lowest BCUT2D eigenvalue weighted by Crippen LogP contribution is -2.44. The van der Waals surface area contributed by atoms with Crippen LogP contribution in [0.5, 0.6) is 11.5 Å². The van der Waals surface area contributed by atoms with Crippen molar-refractivity contribution in [2.45, 2.75) is 70.5 Å². The van der Waals surface area contributed by atoms with Gasteiger partial charge in [-0.25, -0.2) is 47.7 Å². The first-order valence-electron chi connectivity index (χ1n) is 18.7. The number of hydrogen-bond donors (Lipinski definition) is 1. The Hall–Kier alpha value is -7.42. The van der Waals surface area contributed by atoms with Crippen LogP contribution in [0.25, 0.3) is 33.9 Å². The Balaban J connectivity index is 0.000000255. The van der Waals surface area contributed by atoms with E-state index in [1.807, 2.05) is 0 Å². The van der Waals surface area contributed by atoms with Gasteiger partial charge < -0.3 is 19.3 Å². The predicted octanol–water partition coefficient (Wildman–Crippen LogP) is 10.3. The lowest BCUT2D eigenvalue weighted by Gasteiger charge is -2.29. The summed E-state index contributed by atoms with van der Waals surface area (Å²) in [6.45, 7) is 4.46. The van der Waals surface area contributed by atoms with Crippen LogP contribution in [-0.4, -0.2) is 86.7 Å². The van der Waals surface area contributed by atoms with Crippen molar-refractivity contribution in [2.75, 3.05) is 6.61 Å². The minimum atomic E-state index is -4.84. The van der Waals surface area contributed by atoms with Crippen LogP contribution in [-0.2, 0) is 17.1 Å². The Morgan fingerprint density at radius 3 is 1.24 bits per heavy atom. The van der Waals surface area contributed by atoms with Crippen molar-refractivity contribution in [1.82, 2.24) is 39.5 Å². The molecule has 0 amide bonds. The van der Waals surface area contributed by atoms with Gasteiger partial charge in [-0.1, -0.05) is 0 Å². The van der Waals surface area contributed by atoms with Gasteiger partial charge in [-0.05, 0) is 71.0 Å². The molecule has 0 bridgehead atoms. The highest BCUT2D eigenvalue weighted by atomic mass is 19.4. The molecule has 0 aliphatic rings. The maximum absolute atomic E-state index is 14.4. The SMILES string of the molecule is CC(C)(Oc1cc(F)cc(-c2cc(C(=O)O)nn2-c2cnc(C(F)(F)F)nc2)c1)C(F)(F)F.CCOC(=O)c1cc(-c2cc(F)cc(OC(C)(C)C(F)(F)F)c2)n(-c2cnc(C(F)(F)F)nc2)n1. The fraction of sp³-hybridized carbons (Fsp3) is 0.300. The zero-order valence-corrected chi connectivity index (χ0v) is 35.0. The van der Waals surface area contributed by atoms with Gasteiger partial charge in [0.1, 0.15) is 34.5 Å². The summed E-state index contributed by atoms with van der Waals surface area (Å²) < 4.78 is 201. The first kappa shape index (κ1) is 51.6. The fourth-order valence-electron chi connectivity index (χ4n) is 5.37. The van der Waals surface area contributed by atoms with E-state index in [0.29, 0.717) is 18.5 Å². The normalized spacial score (nSPS) is 12.6. The highest BCUT2D eigenvalue weighted by Gasteiger charge is 2.51. The molecule has 0 saturated carbocycles. The molecule has 0 radical (unpaired) electrons. The average molecular weight is 985 g/mol. The standard InChI is InChI=1S/C21H17F7N4O3.C19H13F7N4O3/c1-4-34-17(33)15-8-16(32(31-15)13-9-29-18(30-10-13)20(23,24)25)11-5-12(22)7-14(6-11)35-19(2,3)21(26,27)28;1-17(2,19(24,25)26)33-12-4-9(3-10(20)5-12)14-6-13(15(31)32)29-30(14)11-7-27-16(28-8-11)18(21,22)23/h5-10H,4H2,1-3H3;3-8H,1-2H3,(H,31,32). The van der Waals surface area contributed by atoms with Crippen LogP contribution in [0, 0.1) is 11.6 Å². The fourth-order valence-corrected chi connectivity index (χ4v) is 5.37. The lowest BCUT2D eigenvalue weighted by molar-refractivity contribution is -0.234. The van der Waals surface area contributed by atoms with Gasteiger partial charge in [-0.15, -0.1) is 0 Å². The van der Waals surface area contributed by atoms with Gasteiger partial charge in [0.2, 0.25) is 11.6 Å². The van der Waals surface area contributed by atoms with E-state index in [1.165, 1.54) is 6.92 Å². The number of benzene rings is 2. The number of aromatic nitrogens is 8. The minimum absolute atomic E-state index is 0.0190. The second-order valence-corrected chi connectivity index (χ2v) is 14.8. The van der Waals surface area contributed by atoms with Crippen LogP contribution in [0.15, 0.2) is 73.3 Å². The highest BCUT2D eigenvalue weighted by Crippen LogP contribution is 2.38. The third-order valence-corrected chi connectivity index (χ3v) is 8.84. The van der Waals surface area contributed by atoms with Crippen molar-refractivity contribution < 1.29 is 90.4 Å². The first-order chi connectivity index (χ1) is 31.2. The van der Waals surface area contributed by atoms with E-state index in [9.17, 15) is 76.2 Å².